The van der Waals surface area contributed by atoms with Crippen LogP contribution in [0.25, 0.3) is 0 Å². The largest absolute Gasteiger partial charge is 0.360 e. The van der Waals surface area contributed by atoms with E-state index in [0.29, 0.717) is 0 Å². The van der Waals surface area contributed by atoms with Crippen LogP contribution in [0, 0.1) is 0 Å². The predicted octanol–water partition coefficient (Wildman–Crippen LogP) is 3.42. The first kappa shape index (κ1) is 20.0. The second-order valence-corrected chi connectivity index (χ2v) is 8.68. The van der Waals surface area contributed by atoms with E-state index < -0.39 is 0 Å². The van der Waals surface area contributed by atoms with E-state index in [1.165, 1.54) is 36.2 Å². The normalized spacial score (nSPS) is 18.7. The van der Waals surface area contributed by atoms with Gasteiger partial charge in [-0.2, -0.15) is 0 Å². The van der Waals surface area contributed by atoms with Crippen LogP contribution in [0.5, 0.6) is 0 Å². The Morgan fingerprint density at radius 2 is 1.79 bits per heavy atom. The van der Waals surface area contributed by atoms with Crippen molar-refractivity contribution in [3.05, 3.63) is 41.4 Å². The standard InChI is InChI=1S/C22H32N6S/c1-23-22(28-14-12-27(13-15-28)21-7-6-16-29-21)25-18-19-8-9-20(24-17-19)26-10-4-2-3-5-11-26/h6-9,16-17H,2-5,10-15,18H2,1H3,(H,23,25). The fourth-order valence-electron chi connectivity index (χ4n) is 4.11. The Hall–Kier alpha value is -2.28. The molecule has 1 N–H and O–H groups in total. The zero-order valence-corrected chi connectivity index (χ0v) is 18.2. The number of aromatic nitrogens is 1. The van der Waals surface area contributed by atoms with Gasteiger partial charge in [-0.15, -0.1) is 11.3 Å². The van der Waals surface area contributed by atoms with Crippen LogP contribution in [0.1, 0.15) is 31.2 Å². The van der Waals surface area contributed by atoms with Gasteiger partial charge in [0.25, 0.3) is 0 Å². The molecule has 2 aromatic heterocycles. The number of pyridine rings is 1. The van der Waals surface area contributed by atoms with Crippen molar-refractivity contribution in [2.45, 2.75) is 32.2 Å². The average molecular weight is 413 g/mol. The van der Waals surface area contributed by atoms with Gasteiger partial charge in [-0.1, -0.05) is 18.9 Å². The van der Waals surface area contributed by atoms with Gasteiger partial charge in [0.1, 0.15) is 5.82 Å². The lowest BCUT2D eigenvalue weighted by Crippen LogP contribution is -2.52. The van der Waals surface area contributed by atoms with E-state index in [2.05, 4.69) is 54.7 Å². The highest BCUT2D eigenvalue weighted by atomic mass is 32.1. The van der Waals surface area contributed by atoms with E-state index >= 15 is 0 Å². The molecule has 0 aliphatic carbocycles. The van der Waals surface area contributed by atoms with Gasteiger partial charge in [0.2, 0.25) is 0 Å². The van der Waals surface area contributed by atoms with Gasteiger partial charge in [-0.05, 0) is 42.0 Å². The first-order chi connectivity index (χ1) is 14.3. The molecule has 7 heteroatoms. The van der Waals surface area contributed by atoms with Gasteiger partial charge >= 0.3 is 0 Å². The van der Waals surface area contributed by atoms with E-state index in [4.69, 9.17) is 4.98 Å². The second-order valence-electron chi connectivity index (χ2n) is 7.75. The third kappa shape index (κ3) is 5.21. The average Bonchev–Trinajstić information content (AvgIpc) is 3.18. The Morgan fingerprint density at radius 1 is 1.00 bits per heavy atom. The summed E-state index contributed by atoms with van der Waals surface area (Å²) in [6.45, 7) is 7.07. The van der Waals surface area contributed by atoms with Crippen LogP contribution in [0.15, 0.2) is 40.8 Å². The minimum atomic E-state index is 0.755. The van der Waals surface area contributed by atoms with Crippen LogP contribution >= 0.6 is 11.3 Å². The molecule has 2 aromatic rings. The molecule has 0 radical (unpaired) electrons. The number of aliphatic imine (C=N–C) groups is 1. The summed E-state index contributed by atoms with van der Waals surface area (Å²) >= 11 is 1.82. The molecule has 0 amide bonds. The number of guanidine groups is 1. The van der Waals surface area contributed by atoms with Gasteiger partial charge in [0.05, 0.1) is 5.00 Å². The molecular formula is C22H32N6S. The summed E-state index contributed by atoms with van der Waals surface area (Å²) in [6, 6.07) is 8.70. The van der Waals surface area contributed by atoms with Gasteiger partial charge in [-0.3, -0.25) is 4.99 Å². The molecule has 6 nitrogen and oxygen atoms in total. The van der Waals surface area contributed by atoms with E-state index in [0.717, 1.165) is 57.6 Å². The number of piperazine rings is 1. The Bertz CT molecular complexity index is 757. The molecule has 2 aliphatic rings. The van der Waals surface area contributed by atoms with Crippen molar-refractivity contribution in [2.75, 3.05) is 56.1 Å². The number of rotatable bonds is 4. The smallest absolute Gasteiger partial charge is 0.194 e. The highest BCUT2D eigenvalue weighted by Crippen LogP contribution is 2.22. The molecule has 2 aliphatic heterocycles. The Balaban J connectivity index is 1.27. The third-order valence-electron chi connectivity index (χ3n) is 5.80. The number of hydrogen-bond acceptors (Lipinski definition) is 5. The van der Waals surface area contributed by atoms with Crippen molar-refractivity contribution in [2.24, 2.45) is 4.99 Å². The lowest BCUT2D eigenvalue weighted by atomic mass is 10.2. The lowest BCUT2D eigenvalue weighted by Gasteiger charge is -2.37. The van der Waals surface area contributed by atoms with Gasteiger partial charge in [-0.25, -0.2) is 4.98 Å². The van der Waals surface area contributed by atoms with Crippen molar-refractivity contribution in [1.82, 2.24) is 15.2 Å². The van der Waals surface area contributed by atoms with Crippen molar-refractivity contribution in [1.29, 1.82) is 0 Å². The summed E-state index contributed by atoms with van der Waals surface area (Å²) in [5, 5.41) is 7.03. The maximum atomic E-state index is 4.73. The molecule has 2 fully saturated rings. The molecule has 0 spiro atoms. The number of anilines is 2. The number of nitrogens with zero attached hydrogens (tertiary/aromatic N) is 5. The van der Waals surface area contributed by atoms with Crippen LogP contribution in [0.2, 0.25) is 0 Å². The summed E-state index contributed by atoms with van der Waals surface area (Å²) < 4.78 is 0. The fraction of sp³-hybridized carbons (Fsp3) is 0.545. The zero-order chi connectivity index (χ0) is 19.9. The molecule has 0 saturated carbocycles. The maximum absolute atomic E-state index is 4.73. The summed E-state index contributed by atoms with van der Waals surface area (Å²) in [4.78, 5) is 16.5. The number of thiophene rings is 1. The summed E-state index contributed by atoms with van der Waals surface area (Å²) in [5.74, 6) is 2.09. The molecule has 0 unspecified atom stereocenters. The first-order valence-electron chi connectivity index (χ1n) is 10.8. The SMILES string of the molecule is CN=C(NCc1ccc(N2CCCCCC2)nc1)N1CCN(c2cccs2)CC1. The summed E-state index contributed by atoms with van der Waals surface area (Å²) in [5.41, 5.74) is 1.20. The minimum absolute atomic E-state index is 0.755. The molecule has 2 saturated heterocycles. The predicted molar refractivity (Wildman–Crippen MR) is 123 cm³/mol. The van der Waals surface area contributed by atoms with Gasteiger partial charge < -0.3 is 20.0 Å². The lowest BCUT2D eigenvalue weighted by molar-refractivity contribution is 0.373. The first-order valence-corrected chi connectivity index (χ1v) is 11.7. The van der Waals surface area contributed by atoms with E-state index in [9.17, 15) is 0 Å². The molecule has 4 rings (SSSR count). The molecular weight excluding hydrogens is 380 g/mol. The molecule has 4 heterocycles. The van der Waals surface area contributed by atoms with Crippen molar-refractivity contribution in [3.63, 3.8) is 0 Å². The minimum Gasteiger partial charge on any atom is -0.360 e. The van der Waals surface area contributed by atoms with E-state index in [1.54, 1.807) is 0 Å². The number of hydrogen-bond donors (Lipinski definition) is 1. The molecule has 0 atom stereocenters. The Kier molecular flexibility index (Phi) is 6.87. The van der Waals surface area contributed by atoms with Crippen LogP contribution in [0.4, 0.5) is 10.8 Å². The van der Waals surface area contributed by atoms with Crippen LogP contribution in [0.3, 0.4) is 0 Å². The summed E-state index contributed by atoms with van der Waals surface area (Å²) in [6.07, 6.45) is 7.26. The molecule has 156 valence electrons. The van der Waals surface area contributed by atoms with Crippen molar-refractivity contribution >= 4 is 28.1 Å². The highest BCUT2D eigenvalue weighted by molar-refractivity contribution is 7.14. The summed E-state index contributed by atoms with van der Waals surface area (Å²) in [7, 11) is 1.87. The second kappa shape index (κ2) is 9.96. The number of nitrogens with one attached hydrogen (secondary N) is 1. The molecule has 29 heavy (non-hydrogen) atoms. The van der Waals surface area contributed by atoms with E-state index in [-0.39, 0.29) is 0 Å². The monoisotopic (exact) mass is 412 g/mol. The van der Waals surface area contributed by atoms with Gasteiger partial charge in [0.15, 0.2) is 5.96 Å². The third-order valence-corrected chi connectivity index (χ3v) is 6.73. The van der Waals surface area contributed by atoms with Crippen LogP contribution < -0.4 is 15.1 Å². The Morgan fingerprint density at radius 3 is 2.41 bits per heavy atom. The van der Waals surface area contributed by atoms with E-state index in [1.807, 2.05) is 24.6 Å². The fourth-order valence-corrected chi connectivity index (χ4v) is 4.90. The zero-order valence-electron chi connectivity index (χ0n) is 17.4. The van der Waals surface area contributed by atoms with Crippen molar-refractivity contribution < 1.29 is 0 Å². The Labute approximate surface area is 178 Å². The van der Waals surface area contributed by atoms with Crippen molar-refractivity contribution in [3.8, 4) is 0 Å². The highest BCUT2D eigenvalue weighted by Gasteiger charge is 2.20. The molecule has 0 bridgehead atoms. The molecule has 0 aromatic carbocycles. The quantitative estimate of drug-likeness (QED) is 0.616. The topological polar surface area (TPSA) is 47.0 Å². The van der Waals surface area contributed by atoms with Crippen LogP contribution in [-0.4, -0.2) is 62.2 Å². The van der Waals surface area contributed by atoms with Crippen LogP contribution in [-0.2, 0) is 6.54 Å². The maximum Gasteiger partial charge on any atom is 0.194 e. The van der Waals surface area contributed by atoms with Gasteiger partial charge in [0, 0.05) is 59.1 Å².